The molecule has 0 amide bonds. The Labute approximate surface area is 156 Å². The highest BCUT2D eigenvalue weighted by atomic mass is 19.1. The van der Waals surface area contributed by atoms with Gasteiger partial charge in [-0.2, -0.15) is 0 Å². The molecule has 0 aliphatic carbocycles. The monoisotopic (exact) mass is 352 g/mol. The molecule has 4 rings (SSSR count). The van der Waals surface area contributed by atoms with E-state index < -0.39 is 0 Å². The Balaban J connectivity index is 1.23. The maximum Gasteiger partial charge on any atom is 0.125 e. The van der Waals surface area contributed by atoms with E-state index >= 15 is 0 Å². The first-order valence-corrected chi connectivity index (χ1v) is 10.1. The molecule has 2 saturated heterocycles. The minimum Gasteiger partial charge on any atom is -0.385 e. The first kappa shape index (κ1) is 17.5. The summed E-state index contributed by atoms with van der Waals surface area (Å²) >= 11 is 0. The molecule has 2 aliphatic rings. The van der Waals surface area contributed by atoms with Crippen LogP contribution in [0.25, 0.3) is 0 Å². The first-order chi connectivity index (χ1) is 12.8. The van der Waals surface area contributed by atoms with Crippen LogP contribution in [0.3, 0.4) is 0 Å². The molecule has 2 aromatic rings. The molecule has 0 radical (unpaired) electrons. The molecule has 2 heterocycles. The molecule has 1 N–H and O–H groups in total. The number of anilines is 1. The van der Waals surface area contributed by atoms with Gasteiger partial charge in [-0.1, -0.05) is 36.4 Å². The van der Waals surface area contributed by atoms with Crippen molar-refractivity contribution in [3.05, 3.63) is 66.0 Å². The topological polar surface area (TPSA) is 15.3 Å². The minimum absolute atomic E-state index is 0.173. The molecular formula is C23H29FN2. The fraction of sp³-hybridized carbons (Fsp3) is 0.478. The average Bonchev–Trinajstić information content (AvgIpc) is 2.88. The Bertz CT molecular complexity index is 688. The Morgan fingerprint density at radius 2 is 1.73 bits per heavy atom. The zero-order valence-electron chi connectivity index (χ0n) is 15.4. The summed E-state index contributed by atoms with van der Waals surface area (Å²) in [7, 11) is 0. The van der Waals surface area contributed by atoms with Gasteiger partial charge < -0.3 is 5.32 Å². The normalized spacial score (nSPS) is 25.3. The average molecular weight is 352 g/mol. The van der Waals surface area contributed by atoms with Crippen LogP contribution in [-0.2, 0) is 6.42 Å². The molecule has 2 nitrogen and oxygen atoms in total. The van der Waals surface area contributed by atoms with E-state index in [2.05, 4.69) is 40.5 Å². The van der Waals surface area contributed by atoms with E-state index in [0.29, 0.717) is 0 Å². The van der Waals surface area contributed by atoms with Gasteiger partial charge in [-0.15, -0.1) is 0 Å². The second kappa shape index (κ2) is 8.22. The summed E-state index contributed by atoms with van der Waals surface area (Å²) < 4.78 is 13.2. The first-order valence-electron chi connectivity index (χ1n) is 10.1. The maximum absolute atomic E-state index is 13.2. The second-order valence-electron chi connectivity index (χ2n) is 7.94. The number of halogens is 1. The lowest BCUT2D eigenvalue weighted by Crippen LogP contribution is -2.44. The van der Waals surface area contributed by atoms with E-state index in [4.69, 9.17) is 0 Å². The molecule has 2 aromatic carbocycles. The Morgan fingerprint density at radius 1 is 0.962 bits per heavy atom. The quantitative estimate of drug-likeness (QED) is 0.696. The molecule has 2 fully saturated rings. The van der Waals surface area contributed by atoms with Gasteiger partial charge in [-0.25, -0.2) is 4.39 Å². The van der Waals surface area contributed by atoms with Crippen molar-refractivity contribution in [2.24, 2.45) is 5.92 Å². The maximum atomic E-state index is 13.2. The predicted molar refractivity (Wildman–Crippen MR) is 106 cm³/mol. The number of fused-ring (bicyclic) bond motifs is 2. The van der Waals surface area contributed by atoms with E-state index in [1.165, 1.54) is 43.7 Å². The zero-order chi connectivity index (χ0) is 17.8. The summed E-state index contributed by atoms with van der Waals surface area (Å²) in [4.78, 5) is 2.76. The van der Waals surface area contributed by atoms with Gasteiger partial charge in [-0.05, 0) is 68.2 Å². The van der Waals surface area contributed by atoms with Crippen LogP contribution in [-0.4, -0.2) is 30.1 Å². The van der Waals surface area contributed by atoms with Crippen molar-refractivity contribution in [1.82, 2.24) is 4.90 Å². The highest BCUT2D eigenvalue weighted by Crippen LogP contribution is 2.39. The molecule has 3 heteroatoms. The molecule has 0 saturated carbocycles. The van der Waals surface area contributed by atoms with Crippen LogP contribution in [0.2, 0.25) is 0 Å². The standard InChI is InChI=1S/C23H29FN2/c24-20-8-4-9-21(17-20)25-12-5-13-26-22-10-11-23(26)16-19(15-22)14-18-6-2-1-3-7-18/h1-4,6-9,17,19,22-23,25H,5,10-16H2. The van der Waals surface area contributed by atoms with Crippen molar-refractivity contribution in [1.29, 1.82) is 0 Å². The van der Waals surface area contributed by atoms with Crippen LogP contribution in [0.1, 0.15) is 37.7 Å². The summed E-state index contributed by atoms with van der Waals surface area (Å²) in [5.41, 5.74) is 2.37. The number of nitrogens with zero attached hydrogens (tertiary/aromatic N) is 1. The Hall–Kier alpha value is -1.87. The lowest BCUT2D eigenvalue weighted by molar-refractivity contribution is 0.103. The van der Waals surface area contributed by atoms with Gasteiger partial charge in [0.15, 0.2) is 0 Å². The largest absolute Gasteiger partial charge is 0.385 e. The van der Waals surface area contributed by atoms with Crippen LogP contribution in [0.4, 0.5) is 10.1 Å². The van der Waals surface area contributed by atoms with Crippen molar-refractivity contribution >= 4 is 5.69 Å². The summed E-state index contributed by atoms with van der Waals surface area (Å²) in [6.45, 7) is 2.07. The van der Waals surface area contributed by atoms with Gasteiger partial charge in [0.25, 0.3) is 0 Å². The van der Waals surface area contributed by atoms with E-state index in [0.717, 1.165) is 43.2 Å². The van der Waals surface area contributed by atoms with Crippen LogP contribution < -0.4 is 5.32 Å². The molecular weight excluding hydrogens is 323 g/mol. The third-order valence-electron chi connectivity index (χ3n) is 6.10. The fourth-order valence-electron chi connectivity index (χ4n) is 4.96. The number of hydrogen-bond donors (Lipinski definition) is 1. The van der Waals surface area contributed by atoms with Gasteiger partial charge in [0.2, 0.25) is 0 Å². The third kappa shape index (κ3) is 4.27. The van der Waals surface area contributed by atoms with Gasteiger partial charge in [0.1, 0.15) is 5.82 Å². The third-order valence-corrected chi connectivity index (χ3v) is 6.10. The van der Waals surface area contributed by atoms with E-state index in [1.807, 2.05) is 6.07 Å². The zero-order valence-corrected chi connectivity index (χ0v) is 15.4. The number of nitrogens with one attached hydrogen (secondary N) is 1. The highest BCUT2D eigenvalue weighted by molar-refractivity contribution is 5.42. The highest BCUT2D eigenvalue weighted by Gasteiger charge is 2.39. The van der Waals surface area contributed by atoms with Gasteiger partial charge in [0, 0.05) is 30.9 Å². The number of hydrogen-bond acceptors (Lipinski definition) is 2. The molecule has 26 heavy (non-hydrogen) atoms. The summed E-state index contributed by atoms with van der Waals surface area (Å²) in [6.07, 6.45) is 7.79. The van der Waals surface area contributed by atoms with Crippen molar-refractivity contribution in [3.8, 4) is 0 Å². The Kier molecular flexibility index (Phi) is 5.54. The van der Waals surface area contributed by atoms with Crippen LogP contribution in [0.5, 0.6) is 0 Å². The summed E-state index contributed by atoms with van der Waals surface area (Å²) in [5, 5.41) is 3.35. The van der Waals surface area contributed by atoms with Crippen LogP contribution in [0, 0.1) is 11.7 Å². The number of piperidine rings is 1. The SMILES string of the molecule is Fc1cccc(NCCCN2C3CCC2CC(Cc2ccccc2)C3)c1. The van der Waals surface area contributed by atoms with Crippen molar-refractivity contribution in [2.75, 3.05) is 18.4 Å². The molecule has 0 aromatic heterocycles. The molecule has 2 bridgehead atoms. The van der Waals surface area contributed by atoms with Crippen molar-refractivity contribution < 1.29 is 4.39 Å². The summed E-state index contributed by atoms with van der Waals surface area (Å²) in [5.74, 6) is 0.671. The molecule has 0 spiro atoms. The summed E-state index contributed by atoms with van der Waals surface area (Å²) in [6, 6.07) is 19.3. The molecule has 138 valence electrons. The van der Waals surface area contributed by atoms with E-state index in [9.17, 15) is 4.39 Å². The van der Waals surface area contributed by atoms with Crippen LogP contribution >= 0.6 is 0 Å². The van der Waals surface area contributed by atoms with E-state index in [-0.39, 0.29) is 5.82 Å². The smallest absolute Gasteiger partial charge is 0.125 e. The second-order valence-corrected chi connectivity index (χ2v) is 7.94. The van der Waals surface area contributed by atoms with Gasteiger partial charge in [-0.3, -0.25) is 4.90 Å². The van der Waals surface area contributed by atoms with Crippen LogP contribution in [0.15, 0.2) is 54.6 Å². The lowest BCUT2D eigenvalue weighted by atomic mass is 9.86. The van der Waals surface area contributed by atoms with Gasteiger partial charge in [0.05, 0.1) is 0 Å². The molecule has 2 aliphatic heterocycles. The Morgan fingerprint density at radius 3 is 2.46 bits per heavy atom. The number of rotatable bonds is 7. The predicted octanol–water partition coefficient (Wildman–Crippen LogP) is 5.11. The lowest BCUT2D eigenvalue weighted by Gasteiger charge is -2.39. The van der Waals surface area contributed by atoms with Crippen molar-refractivity contribution in [2.45, 2.75) is 50.6 Å². The molecule has 2 unspecified atom stereocenters. The number of benzene rings is 2. The molecule has 2 atom stereocenters. The van der Waals surface area contributed by atoms with Crippen molar-refractivity contribution in [3.63, 3.8) is 0 Å². The fourth-order valence-corrected chi connectivity index (χ4v) is 4.96. The van der Waals surface area contributed by atoms with E-state index in [1.54, 1.807) is 12.1 Å². The van der Waals surface area contributed by atoms with Gasteiger partial charge >= 0.3 is 0 Å². The minimum atomic E-state index is -0.173.